The fourth-order valence-electron chi connectivity index (χ4n) is 3.24. The Morgan fingerprint density at radius 1 is 1.31 bits per heavy atom. The molecule has 2 saturated carbocycles. The molecule has 2 rings (SSSR count). The largest absolute Gasteiger partial charge is 0.490 e. The Hall–Kier alpha value is -0.740. The highest BCUT2D eigenvalue weighted by Crippen LogP contribution is 2.57. The summed E-state index contributed by atoms with van der Waals surface area (Å²) in [6, 6.07) is 0. The maximum Gasteiger partial charge on any atom is 0.490 e. The quantitative estimate of drug-likeness (QED) is 0.654. The molecule has 2 nitrogen and oxygen atoms in total. The molecule has 0 saturated heterocycles. The highest BCUT2D eigenvalue weighted by Gasteiger charge is 2.56. The van der Waals surface area contributed by atoms with Crippen molar-refractivity contribution in [1.82, 2.24) is 0 Å². The van der Waals surface area contributed by atoms with Gasteiger partial charge in [-0.25, -0.2) is 4.79 Å². The van der Waals surface area contributed by atoms with Crippen LogP contribution in [0.4, 0.5) is 13.2 Å². The van der Waals surface area contributed by atoms with E-state index in [1.165, 1.54) is 0 Å². The minimum atomic E-state index is -4.88. The molecule has 0 aromatic heterocycles. The van der Waals surface area contributed by atoms with Crippen molar-refractivity contribution in [3.05, 3.63) is 0 Å². The van der Waals surface area contributed by atoms with Crippen molar-refractivity contribution in [3.63, 3.8) is 0 Å². The van der Waals surface area contributed by atoms with Gasteiger partial charge in [0.25, 0.3) is 0 Å². The molecule has 0 aromatic rings. The van der Waals surface area contributed by atoms with E-state index in [1.807, 2.05) is 13.8 Å². The Balaban J connectivity index is 2.08. The molecule has 2 bridgehead atoms. The van der Waals surface area contributed by atoms with Crippen molar-refractivity contribution >= 4 is 5.97 Å². The summed E-state index contributed by atoms with van der Waals surface area (Å²) in [5.74, 6) is -1.53. The first-order valence-corrected chi connectivity index (χ1v) is 5.50. The summed E-state index contributed by atoms with van der Waals surface area (Å²) < 4.78 is 41.0. The van der Waals surface area contributed by atoms with Gasteiger partial charge < -0.3 is 4.74 Å². The van der Waals surface area contributed by atoms with Gasteiger partial charge in [0.2, 0.25) is 0 Å². The second-order valence-electron chi connectivity index (χ2n) is 5.42. The molecule has 2 fully saturated rings. The molecule has 0 aliphatic heterocycles. The van der Waals surface area contributed by atoms with Gasteiger partial charge in [0.1, 0.15) is 6.10 Å². The maximum absolute atomic E-state index is 12.1. The predicted octanol–water partition coefficient (Wildman–Crippen LogP) is 2.92. The van der Waals surface area contributed by atoms with Gasteiger partial charge in [0.15, 0.2) is 0 Å². The lowest BCUT2D eigenvalue weighted by atomic mass is 9.74. The maximum atomic E-state index is 12.1. The number of alkyl halides is 3. The Labute approximate surface area is 92.1 Å². The molecule has 16 heavy (non-hydrogen) atoms. The summed E-state index contributed by atoms with van der Waals surface area (Å²) in [6.45, 7) is 3.79. The highest BCUT2D eigenvalue weighted by atomic mass is 19.4. The molecule has 0 radical (unpaired) electrons. The number of hydrogen-bond donors (Lipinski definition) is 0. The van der Waals surface area contributed by atoms with Gasteiger partial charge >= 0.3 is 12.1 Å². The molecular formula is C11H15F3O2. The lowest BCUT2D eigenvalue weighted by Crippen LogP contribution is -2.42. The monoisotopic (exact) mass is 236 g/mol. The molecule has 5 heteroatoms. The fourth-order valence-corrected chi connectivity index (χ4v) is 3.24. The molecule has 3 atom stereocenters. The van der Waals surface area contributed by atoms with Gasteiger partial charge in [0.05, 0.1) is 0 Å². The topological polar surface area (TPSA) is 26.3 Å². The van der Waals surface area contributed by atoms with Gasteiger partial charge in [-0.2, -0.15) is 13.2 Å². The molecule has 0 heterocycles. The fraction of sp³-hybridized carbons (Fsp3) is 0.909. The van der Waals surface area contributed by atoms with Gasteiger partial charge in [-0.1, -0.05) is 13.8 Å². The SMILES string of the molecule is CC1(C)C2CCC(C2)C1OC(=O)C(F)(F)F. The zero-order chi connectivity index (χ0) is 12.1. The third-order valence-electron chi connectivity index (χ3n) is 4.15. The van der Waals surface area contributed by atoms with E-state index in [1.54, 1.807) is 0 Å². The van der Waals surface area contributed by atoms with Crippen LogP contribution in [0, 0.1) is 17.3 Å². The van der Waals surface area contributed by atoms with E-state index < -0.39 is 18.2 Å². The summed E-state index contributed by atoms with van der Waals surface area (Å²) in [4.78, 5) is 10.8. The number of hydrogen-bond acceptors (Lipinski definition) is 2. The van der Waals surface area contributed by atoms with Crippen LogP contribution in [0.25, 0.3) is 0 Å². The van der Waals surface area contributed by atoms with Gasteiger partial charge in [-0.3, -0.25) is 0 Å². The summed E-state index contributed by atoms with van der Waals surface area (Å²) in [5.41, 5.74) is -0.316. The average molecular weight is 236 g/mol. The van der Waals surface area contributed by atoms with Crippen LogP contribution in [-0.2, 0) is 9.53 Å². The van der Waals surface area contributed by atoms with Crippen molar-refractivity contribution in [2.75, 3.05) is 0 Å². The molecule has 3 unspecified atom stereocenters. The molecule has 2 aliphatic rings. The first-order chi connectivity index (χ1) is 7.23. The van der Waals surface area contributed by atoms with Crippen LogP contribution >= 0.6 is 0 Å². The highest BCUT2D eigenvalue weighted by molar-refractivity contribution is 5.75. The first kappa shape index (κ1) is 11.7. The summed E-state index contributed by atoms with van der Waals surface area (Å²) >= 11 is 0. The number of carbonyl (C=O) groups excluding carboxylic acids is 1. The van der Waals surface area contributed by atoms with Crippen molar-refractivity contribution in [2.24, 2.45) is 17.3 Å². The minimum Gasteiger partial charge on any atom is -0.455 e. The van der Waals surface area contributed by atoms with Crippen molar-refractivity contribution in [1.29, 1.82) is 0 Å². The van der Waals surface area contributed by atoms with E-state index in [0.29, 0.717) is 5.92 Å². The Kier molecular flexibility index (Phi) is 2.48. The van der Waals surface area contributed by atoms with Crippen LogP contribution in [0.15, 0.2) is 0 Å². The molecule has 0 N–H and O–H groups in total. The van der Waals surface area contributed by atoms with E-state index in [2.05, 4.69) is 4.74 Å². The first-order valence-electron chi connectivity index (χ1n) is 5.50. The minimum absolute atomic E-state index is 0.117. The predicted molar refractivity (Wildman–Crippen MR) is 50.5 cm³/mol. The van der Waals surface area contributed by atoms with E-state index >= 15 is 0 Å². The summed E-state index contributed by atoms with van der Waals surface area (Å²) in [6.07, 6.45) is -2.64. The van der Waals surface area contributed by atoms with Gasteiger partial charge in [0, 0.05) is 5.41 Å². The average Bonchev–Trinajstić information content (AvgIpc) is 2.66. The molecule has 0 amide bonds. The molecular weight excluding hydrogens is 221 g/mol. The number of fused-ring (bicyclic) bond motifs is 2. The van der Waals surface area contributed by atoms with Crippen molar-refractivity contribution in [3.8, 4) is 0 Å². The van der Waals surface area contributed by atoms with Crippen LogP contribution in [0.3, 0.4) is 0 Å². The van der Waals surface area contributed by atoms with Gasteiger partial charge in [-0.15, -0.1) is 0 Å². The van der Waals surface area contributed by atoms with Crippen LogP contribution < -0.4 is 0 Å². The molecule has 0 spiro atoms. The van der Waals surface area contributed by atoms with Crippen LogP contribution in [0.1, 0.15) is 33.1 Å². The second-order valence-corrected chi connectivity index (χ2v) is 5.42. The van der Waals surface area contributed by atoms with Crippen LogP contribution in [-0.4, -0.2) is 18.2 Å². The number of rotatable bonds is 1. The lowest BCUT2D eigenvalue weighted by molar-refractivity contribution is -0.212. The third kappa shape index (κ3) is 1.70. The van der Waals surface area contributed by atoms with E-state index in [0.717, 1.165) is 19.3 Å². The molecule has 2 aliphatic carbocycles. The zero-order valence-corrected chi connectivity index (χ0v) is 9.30. The smallest absolute Gasteiger partial charge is 0.455 e. The second kappa shape index (κ2) is 3.37. The number of carbonyl (C=O) groups is 1. The standard InChI is InChI=1S/C11H15F3O2/c1-10(2)7-4-3-6(5-7)8(10)16-9(15)11(12,13)14/h6-8H,3-5H2,1-2H3. The Morgan fingerprint density at radius 3 is 2.38 bits per heavy atom. The zero-order valence-electron chi connectivity index (χ0n) is 9.30. The van der Waals surface area contributed by atoms with E-state index in [4.69, 9.17) is 0 Å². The summed E-state index contributed by atoms with van der Waals surface area (Å²) in [5, 5.41) is 0. The van der Waals surface area contributed by atoms with Crippen molar-refractivity contribution in [2.45, 2.75) is 45.4 Å². The Morgan fingerprint density at radius 2 is 1.94 bits per heavy atom. The molecule has 0 aromatic carbocycles. The van der Waals surface area contributed by atoms with Crippen LogP contribution in [0.2, 0.25) is 0 Å². The molecule has 92 valence electrons. The van der Waals surface area contributed by atoms with Gasteiger partial charge in [-0.05, 0) is 31.1 Å². The van der Waals surface area contributed by atoms with E-state index in [-0.39, 0.29) is 11.3 Å². The van der Waals surface area contributed by atoms with Crippen LogP contribution in [0.5, 0.6) is 0 Å². The van der Waals surface area contributed by atoms with E-state index in [9.17, 15) is 18.0 Å². The summed E-state index contributed by atoms with van der Waals surface area (Å²) in [7, 11) is 0. The third-order valence-corrected chi connectivity index (χ3v) is 4.15. The number of ether oxygens (including phenoxy) is 1. The lowest BCUT2D eigenvalue weighted by Gasteiger charge is -2.37. The number of esters is 1. The van der Waals surface area contributed by atoms with Crippen molar-refractivity contribution < 1.29 is 22.7 Å². The normalized spacial score (nSPS) is 36.4. The number of halogens is 3. The Bertz CT molecular complexity index is 309.